The summed E-state index contributed by atoms with van der Waals surface area (Å²) in [5.41, 5.74) is 1.25. The van der Waals surface area contributed by atoms with E-state index in [2.05, 4.69) is 20.7 Å². The van der Waals surface area contributed by atoms with Crippen molar-refractivity contribution in [1.29, 1.82) is 0 Å². The number of furan rings is 1. The SMILES string of the molecule is O=C(CNC(=O)c1ccc(-n2cncn2)cc1)NCc1ccco1. The predicted octanol–water partition coefficient (Wildman–Crippen LogP) is 0.906. The summed E-state index contributed by atoms with van der Waals surface area (Å²) in [4.78, 5) is 27.6. The van der Waals surface area contributed by atoms with Crippen LogP contribution in [0.2, 0.25) is 0 Å². The van der Waals surface area contributed by atoms with Crippen molar-refractivity contribution in [2.24, 2.45) is 0 Å². The number of nitrogens with one attached hydrogen (secondary N) is 2. The summed E-state index contributed by atoms with van der Waals surface area (Å²) in [6, 6.07) is 10.3. The van der Waals surface area contributed by atoms with Crippen LogP contribution in [-0.4, -0.2) is 33.1 Å². The number of hydrogen-bond acceptors (Lipinski definition) is 5. The lowest BCUT2D eigenvalue weighted by Gasteiger charge is -2.07. The van der Waals surface area contributed by atoms with Gasteiger partial charge in [-0.15, -0.1) is 0 Å². The zero-order valence-electron chi connectivity index (χ0n) is 12.7. The number of hydrogen-bond donors (Lipinski definition) is 2. The van der Waals surface area contributed by atoms with Crippen LogP contribution in [0.4, 0.5) is 0 Å². The molecule has 3 rings (SSSR count). The molecule has 2 amide bonds. The highest BCUT2D eigenvalue weighted by molar-refractivity contribution is 5.96. The first kappa shape index (κ1) is 15.5. The number of amides is 2. The summed E-state index contributed by atoms with van der Waals surface area (Å²) in [5.74, 6) is 0.0330. The van der Waals surface area contributed by atoms with Crippen molar-refractivity contribution >= 4 is 11.8 Å². The molecule has 8 heteroatoms. The average Bonchev–Trinajstić information content (AvgIpc) is 3.31. The molecule has 0 saturated carbocycles. The maximum absolute atomic E-state index is 12.0. The molecule has 3 aromatic rings. The van der Waals surface area contributed by atoms with Crippen molar-refractivity contribution in [2.75, 3.05) is 6.54 Å². The Morgan fingerprint density at radius 2 is 1.96 bits per heavy atom. The predicted molar refractivity (Wildman–Crippen MR) is 84.2 cm³/mol. The summed E-state index contributed by atoms with van der Waals surface area (Å²) >= 11 is 0. The van der Waals surface area contributed by atoms with Gasteiger partial charge in [0.05, 0.1) is 25.0 Å². The van der Waals surface area contributed by atoms with E-state index in [1.165, 1.54) is 12.6 Å². The summed E-state index contributed by atoms with van der Waals surface area (Å²) in [6.45, 7) is 0.179. The minimum absolute atomic E-state index is 0.107. The molecule has 8 nitrogen and oxygen atoms in total. The first-order chi connectivity index (χ1) is 11.7. The lowest BCUT2D eigenvalue weighted by Crippen LogP contribution is -2.36. The summed E-state index contributed by atoms with van der Waals surface area (Å²) in [7, 11) is 0. The molecule has 0 bridgehead atoms. The van der Waals surface area contributed by atoms with E-state index in [9.17, 15) is 9.59 Å². The Kier molecular flexibility index (Phi) is 4.66. The molecular formula is C16H15N5O3. The van der Waals surface area contributed by atoms with E-state index in [1.807, 2.05) is 0 Å². The molecule has 122 valence electrons. The lowest BCUT2D eigenvalue weighted by atomic mass is 10.2. The van der Waals surface area contributed by atoms with Crippen molar-refractivity contribution in [1.82, 2.24) is 25.4 Å². The molecule has 0 spiro atoms. The van der Waals surface area contributed by atoms with Gasteiger partial charge in [0.2, 0.25) is 5.91 Å². The highest BCUT2D eigenvalue weighted by atomic mass is 16.3. The van der Waals surface area contributed by atoms with Gasteiger partial charge in [0, 0.05) is 5.56 Å². The third-order valence-corrected chi connectivity index (χ3v) is 3.26. The number of carbonyl (C=O) groups excluding carboxylic acids is 2. The third kappa shape index (κ3) is 3.86. The molecule has 0 aliphatic heterocycles. The number of rotatable bonds is 6. The van der Waals surface area contributed by atoms with Gasteiger partial charge in [-0.05, 0) is 36.4 Å². The van der Waals surface area contributed by atoms with Gasteiger partial charge in [0.15, 0.2) is 0 Å². The van der Waals surface area contributed by atoms with E-state index in [0.29, 0.717) is 11.3 Å². The van der Waals surface area contributed by atoms with Crippen molar-refractivity contribution in [2.45, 2.75) is 6.54 Å². The first-order valence-corrected chi connectivity index (χ1v) is 7.25. The zero-order chi connectivity index (χ0) is 16.8. The Balaban J connectivity index is 1.48. The van der Waals surface area contributed by atoms with Gasteiger partial charge in [-0.25, -0.2) is 9.67 Å². The molecule has 0 saturated heterocycles. The van der Waals surface area contributed by atoms with Crippen LogP contribution in [0, 0.1) is 0 Å². The Hall–Kier alpha value is -3.42. The lowest BCUT2D eigenvalue weighted by molar-refractivity contribution is -0.120. The third-order valence-electron chi connectivity index (χ3n) is 3.26. The van der Waals surface area contributed by atoms with Gasteiger partial charge in [-0.1, -0.05) is 0 Å². The van der Waals surface area contributed by atoms with Crippen LogP contribution in [-0.2, 0) is 11.3 Å². The number of benzene rings is 1. The van der Waals surface area contributed by atoms with E-state index < -0.39 is 0 Å². The quantitative estimate of drug-likeness (QED) is 0.701. The summed E-state index contributed by atoms with van der Waals surface area (Å²) < 4.78 is 6.69. The number of carbonyl (C=O) groups is 2. The fraction of sp³-hybridized carbons (Fsp3) is 0.125. The molecule has 0 aliphatic rings. The van der Waals surface area contributed by atoms with Gasteiger partial charge in [-0.2, -0.15) is 5.10 Å². The monoisotopic (exact) mass is 325 g/mol. The minimum atomic E-state index is -0.326. The molecule has 2 aromatic heterocycles. The van der Waals surface area contributed by atoms with Gasteiger partial charge < -0.3 is 15.1 Å². The topological polar surface area (TPSA) is 102 Å². The molecule has 0 radical (unpaired) electrons. The highest BCUT2D eigenvalue weighted by Gasteiger charge is 2.09. The average molecular weight is 325 g/mol. The van der Waals surface area contributed by atoms with Crippen LogP contribution in [0.5, 0.6) is 0 Å². The molecule has 0 fully saturated rings. The van der Waals surface area contributed by atoms with Crippen LogP contribution < -0.4 is 10.6 Å². The molecule has 24 heavy (non-hydrogen) atoms. The minimum Gasteiger partial charge on any atom is -0.467 e. The molecule has 0 aliphatic carbocycles. The van der Waals surface area contributed by atoms with Crippen molar-refractivity contribution in [3.05, 3.63) is 66.6 Å². The first-order valence-electron chi connectivity index (χ1n) is 7.25. The summed E-state index contributed by atoms with van der Waals surface area (Å²) in [5, 5.41) is 9.23. The van der Waals surface area contributed by atoms with Gasteiger partial charge >= 0.3 is 0 Å². The zero-order valence-corrected chi connectivity index (χ0v) is 12.7. The molecule has 1 aromatic carbocycles. The van der Waals surface area contributed by atoms with Crippen molar-refractivity contribution < 1.29 is 14.0 Å². The maximum atomic E-state index is 12.0. The van der Waals surface area contributed by atoms with E-state index in [-0.39, 0.29) is 24.9 Å². The Morgan fingerprint density at radius 3 is 2.62 bits per heavy atom. The summed E-state index contributed by atoms with van der Waals surface area (Å²) in [6.07, 6.45) is 4.53. The molecule has 0 atom stereocenters. The fourth-order valence-corrected chi connectivity index (χ4v) is 2.03. The Morgan fingerprint density at radius 1 is 1.12 bits per heavy atom. The number of aromatic nitrogens is 3. The second kappa shape index (κ2) is 7.23. The maximum Gasteiger partial charge on any atom is 0.251 e. The van der Waals surface area contributed by atoms with Gasteiger partial charge in [0.25, 0.3) is 5.91 Å². The smallest absolute Gasteiger partial charge is 0.251 e. The van der Waals surface area contributed by atoms with E-state index in [1.54, 1.807) is 47.4 Å². The fourth-order valence-electron chi connectivity index (χ4n) is 2.03. The second-order valence-electron chi connectivity index (χ2n) is 4.93. The molecule has 2 N–H and O–H groups in total. The van der Waals surface area contributed by atoms with Gasteiger partial charge in [-0.3, -0.25) is 9.59 Å². The van der Waals surface area contributed by atoms with E-state index in [4.69, 9.17) is 4.42 Å². The molecular weight excluding hydrogens is 310 g/mol. The standard InChI is InChI=1S/C16H15N5O3/c22-15(18-8-14-2-1-7-24-14)9-19-16(23)12-3-5-13(6-4-12)21-11-17-10-20-21/h1-7,10-11H,8-9H2,(H,18,22)(H,19,23). The van der Waals surface area contributed by atoms with Crippen LogP contribution in [0.15, 0.2) is 59.7 Å². The van der Waals surface area contributed by atoms with Gasteiger partial charge in [0.1, 0.15) is 18.4 Å². The van der Waals surface area contributed by atoms with Crippen molar-refractivity contribution in [3.8, 4) is 5.69 Å². The van der Waals surface area contributed by atoms with Crippen LogP contribution in [0.1, 0.15) is 16.1 Å². The Labute approximate surface area is 137 Å². The van der Waals surface area contributed by atoms with Crippen LogP contribution in [0.25, 0.3) is 5.69 Å². The highest BCUT2D eigenvalue weighted by Crippen LogP contribution is 2.07. The van der Waals surface area contributed by atoms with Crippen molar-refractivity contribution in [3.63, 3.8) is 0 Å². The van der Waals surface area contributed by atoms with E-state index >= 15 is 0 Å². The normalized spacial score (nSPS) is 10.3. The van der Waals surface area contributed by atoms with E-state index in [0.717, 1.165) is 5.69 Å². The largest absolute Gasteiger partial charge is 0.467 e. The molecule has 2 heterocycles. The van der Waals surface area contributed by atoms with Crippen LogP contribution >= 0.6 is 0 Å². The Bertz CT molecular complexity index is 795. The number of nitrogens with zero attached hydrogens (tertiary/aromatic N) is 3. The van der Waals surface area contributed by atoms with Crippen LogP contribution in [0.3, 0.4) is 0 Å². The second-order valence-corrected chi connectivity index (χ2v) is 4.93. The molecule has 0 unspecified atom stereocenters.